The van der Waals surface area contributed by atoms with Crippen molar-refractivity contribution in [1.82, 2.24) is 4.31 Å². The lowest BCUT2D eigenvalue weighted by Gasteiger charge is -2.25. The summed E-state index contributed by atoms with van der Waals surface area (Å²) in [6.45, 7) is 7.97. The number of carbonyl (C=O) groups excluding carboxylic acids is 1. The number of ether oxygens (including phenoxy) is 2. The first-order valence-corrected chi connectivity index (χ1v) is 9.07. The highest BCUT2D eigenvalue weighted by molar-refractivity contribution is 7.83. The smallest absolute Gasteiger partial charge is 0.361 e. The van der Waals surface area contributed by atoms with Gasteiger partial charge >= 0.3 is 10.3 Å². The van der Waals surface area contributed by atoms with Crippen LogP contribution in [0.25, 0.3) is 0 Å². The van der Waals surface area contributed by atoms with Crippen LogP contribution in [-0.4, -0.2) is 43.1 Å². The van der Waals surface area contributed by atoms with Crippen LogP contribution in [0.2, 0.25) is 0 Å². The molecule has 0 radical (unpaired) electrons. The van der Waals surface area contributed by atoms with Crippen molar-refractivity contribution in [2.24, 2.45) is 0 Å². The van der Waals surface area contributed by atoms with Crippen molar-refractivity contribution >= 4 is 16.2 Å². The van der Waals surface area contributed by atoms with Crippen LogP contribution in [0.4, 0.5) is 0 Å². The van der Waals surface area contributed by atoms with Gasteiger partial charge in [0.15, 0.2) is 0 Å². The Labute approximate surface area is 142 Å². The highest BCUT2D eigenvalue weighted by Crippen LogP contribution is 2.44. The minimum atomic E-state index is -4.57. The fourth-order valence-corrected chi connectivity index (χ4v) is 3.12. The van der Waals surface area contributed by atoms with E-state index in [1.807, 2.05) is 26.8 Å². The van der Waals surface area contributed by atoms with Crippen molar-refractivity contribution in [3.63, 3.8) is 0 Å². The van der Waals surface area contributed by atoms with Crippen LogP contribution in [0.5, 0.6) is 5.75 Å². The van der Waals surface area contributed by atoms with E-state index in [1.165, 1.54) is 0 Å². The molecule has 2 atom stereocenters. The predicted octanol–water partition coefficient (Wildman–Crippen LogP) is 2.08. The molecule has 0 spiro atoms. The molecule has 0 bridgehead atoms. The average molecular weight is 357 g/mol. The van der Waals surface area contributed by atoms with Gasteiger partial charge in [-0.3, -0.25) is 9.35 Å². The molecule has 1 aliphatic heterocycles. The van der Waals surface area contributed by atoms with E-state index in [9.17, 15) is 13.2 Å². The lowest BCUT2D eigenvalue weighted by molar-refractivity contribution is -0.127. The Morgan fingerprint density at radius 1 is 1.46 bits per heavy atom. The normalized spacial score (nSPS) is 20.2. The number of hydrogen-bond acceptors (Lipinski definition) is 5. The van der Waals surface area contributed by atoms with E-state index in [1.54, 1.807) is 19.1 Å². The highest BCUT2D eigenvalue weighted by atomic mass is 32.2. The Morgan fingerprint density at radius 2 is 2.08 bits per heavy atom. The van der Waals surface area contributed by atoms with Gasteiger partial charge < -0.3 is 9.47 Å². The second kappa shape index (κ2) is 6.34. The summed E-state index contributed by atoms with van der Waals surface area (Å²) in [5.41, 5.74) is 1.13. The molecule has 2 rings (SSSR count). The molecule has 2 unspecified atom stereocenters. The molecule has 0 saturated heterocycles. The molecule has 1 aromatic rings. The number of likely N-dealkylation sites (N-methyl/N-ethyl adjacent to an activating group) is 1. The van der Waals surface area contributed by atoms with Gasteiger partial charge in [-0.1, -0.05) is 12.1 Å². The maximum Gasteiger partial charge on any atom is 0.361 e. The zero-order chi connectivity index (χ0) is 18.3. The number of benzene rings is 1. The van der Waals surface area contributed by atoms with E-state index in [2.05, 4.69) is 0 Å². The Hall–Kier alpha value is -1.64. The number of fused-ring (bicyclic) bond motifs is 1. The summed E-state index contributed by atoms with van der Waals surface area (Å²) in [5, 5.41) is 0. The predicted molar refractivity (Wildman–Crippen MR) is 88.2 cm³/mol. The third-order valence-corrected chi connectivity index (χ3v) is 5.24. The van der Waals surface area contributed by atoms with Crippen LogP contribution in [0, 0.1) is 0 Å². The molecular formula is C16H23NO6S. The topological polar surface area (TPSA) is 93.1 Å². The van der Waals surface area contributed by atoms with E-state index in [0.717, 1.165) is 12.6 Å². The molecule has 0 aliphatic carbocycles. The largest absolute Gasteiger partial charge is 0.464 e. The SMILES string of the molecule is CCOC1Oc2ccc(C(C)C(=O)N(C)S(=O)(=O)O)cc2C1(C)C. The number of amides is 1. The van der Waals surface area contributed by atoms with Gasteiger partial charge in [-0.15, -0.1) is 0 Å². The van der Waals surface area contributed by atoms with E-state index >= 15 is 0 Å². The molecule has 134 valence electrons. The van der Waals surface area contributed by atoms with Gasteiger partial charge in [-0.05, 0) is 39.3 Å². The number of carbonyl (C=O) groups is 1. The van der Waals surface area contributed by atoms with Gasteiger partial charge in [-0.2, -0.15) is 8.42 Å². The van der Waals surface area contributed by atoms with Gasteiger partial charge in [-0.25, -0.2) is 4.31 Å². The van der Waals surface area contributed by atoms with Crippen molar-refractivity contribution < 1.29 is 27.2 Å². The van der Waals surface area contributed by atoms with Crippen LogP contribution in [0.3, 0.4) is 0 Å². The lowest BCUT2D eigenvalue weighted by atomic mass is 9.83. The third-order valence-electron chi connectivity index (χ3n) is 4.37. The summed E-state index contributed by atoms with van der Waals surface area (Å²) in [5.74, 6) is -0.760. The summed E-state index contributed by atoms with van der Waals surface area (Å²) >= 11 is 0. The molecular weight excluding hydrogens is 334 g/mol. The van der Waals surface area contributed by atoms with Crippen LogP contribution in [-0.2, 0) is 25.3 Å². The maximum absolute atomic E-state index is 12.2. The quantitative estimate of drug-likeness (QED) is 0.811. The fourth-order valence-electron chi connectivity index (χ4n) is 2.74. The molecule has 8 heteroatoms. The van der Waals surface area contributed by atoms with Crippen molar-refractivity contribution in [1.29, 1.82) is 0 Å². The van der Waals surface area contributed by atoms with Crippen LogP contribution in [0.15, 0.2) is 18.2 Å². The van der Waals surface area contributed by atoms with Gasteiger partial charge in [0.1, 0.15) is 5.75 Å². The first-order valence-electron chi connectivity index (χ1n) is 7.68. The van der Waals surface area contributed by atoms with E-state index in [0.29, 0.717) is 22.2 Å². The molecule has 1 amide bonds. The standard InChI is InChI=1S/C16H23NO6S/c1-6-22-15-16(3,4)12-9-11(7-8-13(12)23-15)10(2)14(18)17(5)24(19,20)21/h7-10,15H,6H2,1-5H3,(H,19,20,21). The van der Waals surface area contributed by atoms with E-state index in [-0.39, 0.29) is 0 Å². The summed E-state index contributed by atoms with van der Waals surface area (Å²) < 4.78 is 43.1. The molecule has 1 N–H and O–H groups in total. The number of nitrogens with zero attached hydrogens (tertiary/aromatic N) is 1. The van der Waals surface area contributed by atoms with Crippen molar-refractivity contribution in [2.45, 2.75) is 45.3 Å². The fraction of sp³-hybridized carbons (Fsp3) is 0.562. The van der Waals surface area contributed by atoms with Gasteiger partial charge in [0, 0.05) is 19.2 Å². The minimum Gasteiger partial charge on any atom is -0.464 e. The van der Waals surface area contributed by atoms with E-state index < -0.39 is 33.8 Å². The average Bonchev–Trinajstić information content (AvgIpc) is 2.75. The zero-order valence-corrected chi connectivity index (χ0v) is 15.3. The summed E-state index contributed by atoms with van der Waals surface area (Å²) in [6, 6.07) is 5.29. The summed E-state index contributed by atoms with van der Waals surface area (Å²) in [7, 11) is -3.54. The molecule has 7 nitrogen and oxygen atoms in total. The Bertz CT molecular complexity index is 743. The van der Waals surface area contributed by atoms with Crippen molar-refractivity contribution in [3.8, 4) is 5.75 Å². The van der Waals surface area contributed by atoms with Crippen LogP contribution >= 0.6 is 0 Å². The van der Waals surface area contributed by atoms with Gasteiger partial charge in [0.05, 0.1) is 11.3 Å². The van der Waals surface area contributed by atoms with Crippen LogP contribution in [0.1, 0.15) is 44.7 Å². The molecule has 1 heterocycles. The second-order valence-electron chi connectivity index (χ2n) is 6.39. The number of hydrogen-bond donors (Lipinski definition) is 1. The Morgan fingerprint density at radius 3 is 2.62 bits per heavy atom. The van der Waals surface area contributed by atoms with E-state index in [4.69, 9.17) is 14.0 Å². The molecule has 0 aromatic heterocycles. The third kappa shape index (κ3) is 3.26. The monoisotopic (exact) mass is 357 g/mol. The Balaban J connectivity index is 2.33. The minimum absolute atomic E-state index is 0.343. The maximum atomic E-state index is 12.2. The zero-order valence-electron chi connectivity index (χ0n) is 14.4. The van der Waals surface area contributed by atoms with Gasteiger partial charge in [0.25, 0.3) is 0 Å². The van der Waals surface area contributed by atoms with Gasteiger partial charge in [0.2, 0.25) is 12.2 Å². The van der Waals surface area contributed by atoms with Crippen molar-refractivity contribution in [3.05, 3.63) is 29.3 Å². The first-order chi connectivity index (χ1) is 11.0. The molecule has 1 aromatic carbocycles. The summed E-state index contributed by atoms with van der Waals surface area (Å²) in [6.07, 6.45) is -0.417. The molecule has 24 heavy (non-hydrogen) atoms. The van der Waals surface area contributed by atoms with Crippen molar-refractivity contribution in [2.75, 3.05) is 13.7 Å². The Kier molecular flexibility index (Phi) is 4.94. The first kappa shape index (κ1) is 18.7. The molecule has 1 aliphatic rings. The molecule has 0 saturated carbocycles. The highest BCUT2D eigenvalue weighted by Gasteiger charge is 2.43. The molecule has 0 fully saturated rings. The van der Waals surface area contributed by atoms with Crippen LogP contribution < -0.4 is 4.74 Å². The lowest BCUT2D eigenvalue weighted by Crippen LogP contribution is -2.36. The summed E-state index contributed by atoms with van der Waals surface area (Å²) in [4.78, 5) is 12.2. The second-order valence-corrected chi connectivity index (χ2v) is 7.83. The number of rotatable bonds is 5.